The molecule has 1 aromatic carbocycles. The molecule has 1 fully saturated rings. The molecule has 5 heteroatoms. The highest BCUT2D eigenvalue weighted by Crippen LogP contribution is 2.29. The molecule has 0 spiro atoms. The summed E-state index contributed by atoms with van der Waals surface area (Å²) in [6.45, 7) is 2.07. The van der Waals surface area contributed by atoms with Crippen molar-refractivity contribution in [3.05, 3.63) is 41.5 Å². The molecule has 1 unspecified atom stereocenters. The van der Waals surface area contributed by atoms with Crippen molar-refractivity contribution >= 4 is 17.5 Å². The average Bonchev–Trinajstić information content (AvgIpc) is 2.94. The summed E-state index contributed by atoms with van der Waals surface area (Å²) in [7, 11) is 0. The summed E-state index contributed by atoms with van der Waals surface area (Å²) in [5.41, 5.74) is 1.24. The van der Waals surface area contributed by atoms with Gasteiger partial charge in [0.15, 0.2) is 5.82 Å². The van der Waals surface area contributed by atoms with Gasteiger partial charge in [-0.2, -0.15) is 4.98 Å². The Labute approximate surface area is 128 Å². The van der Waals surface area contributed by atoms with Gasteiger partial charge in [0.2, 0.25) is 5.89 Å². The predicted molar refractivity (Wildman–Crippen MR) is 81.3 cm³/mol. The van der Waals surface area contributed by atoms with E-state index >= 15 is 0 Å². The first-order chi connectivity index (χ1) is 10.2. The van der Waals surface area contributed by atoms with E-state index in [4.69, 9.17) is 4.52 Å². The monoisotopic (exact) mass is 302 g/mol. The van der Waals surface area contributed by atoms with Gasteiger partial charge in [-0.1, -0.05) is 29.3 Å². The van der Waals surface area contributed by atoms with E-state index in [9.17, 15) is 4.79 Å². The molecule has 1 aliphatic rings. The SMILES string of the molecule is Cc1cccc(SCc2noc(C3CCCCC3=O)n2)c1. The number of aryl methyl sites for hydroxylation is 1. The number of carbonyl (C=O) groups excluding carboxylic acids is 1. The zero-order valence-electron chi connectivity index (χ0n) is 12.0. The second kappa shape index (κ2) is 6.43. The lowest BCUT2D eigenvalue weighted by Crippen LogP contribution is -2.17. The third kappa shape index (κ3) is 3.53. The van der Waals surface area contributed by atoms with Crippen molar-refractivity contribution < 1.29 is 9.32 Å². The van der Waals surface area contributed by atoms with Gasteiger partial charge in [0.05, 0.1) is 11.7 Å². The number of benzene rings is 1. The molecule has 0 radical (unpaired) electrons. The van der Waals surface area contributed by atoms with E-state index in [1.165, 1.54) is 10.5 Å². The van der Waals surface area contributed by atoms with Crippen molar-refractivity contribution in [2.45, 2.75) is 49.2 Å². The number of hydrogen-bond acceptors (Lipinski definition) is 5. The smallest absolute Gasteiger partial charge is 0.237 e. The number of Topliss-reactive ketones (excluding diaryl/α,β-unsaturated/α-hetero) is 1. The second-order valence-electron chi connectivity index (χ2n) is 5.42. The summed E-state index contributed by atoms with van der Waals surface area (Å²) in [4.78, 5) is 17.5. The Morgan fingerprint density at radius 2 is 2.29 bits per heavy atom. The van der Waals surface area contributed by atoms with Crippen LogP contribution < -0.4 is 0 Å². The van der Waals surface area contributed by atoms with Gasteiger partial charge in [-0.15, -0.1) is 11.8 Å². The Morgan fingerprint density at radius 1 is 1.38 bits per heavy atom. The maximum atomic E-state index is 11.9. The summed E-state index contributed by atoms with van der Waals surface area (Å²) in [6.07, 6.45) is 3.53. The number of aromatic nitrogens is 2. The van der Waals surface area contributed by atoms with Crippen LogP contribution in [-0.2, 0) is 10.5 Å². The summed E-state index contributed by atoms with van der Waals surface area (Å²) < 4.78 is 5.29. The Kier molecular flexibility index (Phi) is 4.39. The minimum absolute atomic E-state index is 0.177. The minimum Gasteiger partial charge on any atom is -0.339 e. The van der Waals surface area contributed by atoms with Crippen LogP contribution in [0.5, 0.6) is 0 Å². The number of rotatable bonds is 4. The largest absolute Gasteiger partial charge is 0.339 e. The van der Waals surface area contributed by atoms with Crippen LogP contribution in [0.25, 0.3) is 0 Å². The molecule has 110 valence electrons. The molecule has 0 N–H and O–H groups in total. The van der Waals surface area contributed by atoms with Gasteiger partial charge in [0.25, 0.3) is 0 Å². The molecule has 2 aromatic rings. The van der Waals surface area contributed by atoms with Gasteiger partial charge in [-0.3, -0.25) is 4.79 Å². The van der Waals surface area contributed by atoms with Gasteiger partial charge < -0.3 is 4.52 Å². The number of ketones is 1. The second-order valence-corrected chi connectivity index (χ2v) is 6.47. The molecule has 0 bridgehead atoms. The molecule has 1 atom stereocenters. The topological polar surface area (TPSA) is 56.0 Å². The Bertz CT molecular complexity index is 639. The fraction of sp³-hybridized carbons (Fsp3) is 0.438. The number of hydrogen-bond donors (Lipinski definition) is 0. The third-order valence-corrected chi connectivity index (χ3v) is 4.68. The van der Waals surface area contributed by atoms with Crippen LogP contribution in [0.1, 0.15) is 48.9 Å². The zero-order chi connectivity index (χ0) is 14.7. The third-order valence-electron chi connectivity index (χ3n) is 3.69. The fourth-order valence-electron chi connectivity index (χ4n) is 2.56. The Morgan fingerprint density at radius 3 is 3.10 bits per heavy atom. The molecule has 21 heavy (non-hydrogen) atoms. The van der Waals surface area contributed by atoms with Crippen molar-refractivity contribution in [2.75, 3.05) is 0 Å². The maximum absolute atomic E-state index is 11.9. The first kappa shape index (κ1) is 14.3. The van der Waals surface area contributed by atoms with E-state index in [-0.39, 0.29) is 11.7 Å². The van der Waals surface area contributed by atoms with E-state index in [0.29, 0.717) is 23.9 Å². The van der Waals surface area contributed by atoms with Crippen molar-refractivity contribution in [1.29, 1.82) is 0 Å². The van der Waals surface area contributed by atoms with Gasteiger partial charge in [0.1, 0.15) is 5.78 Å². The molecule has 1 heterocycles. The average molecular weight is 302 g/mol. The van der Waals surface area contributed by atoms with Gasteiger partial charge in [-0.25, -0.2) is 0 Å². The van der Waals surface area contributed by atoms with Crippen LogP contribution in [0.3, 0.4) is 0 Å². The highest BCUT2D eigenvalue weighted by atomic mass is 32.2. The first-order valence-corrected chi connectivity index (χ1v) is 8.25. The van der Waals surface area contributed by atoms with Crippen LogP contribution in [-0.4, -0.2) is 15.9 Å². The molecule has 0 aliphatic heterocycles. The molecular formula is C16H18N2O2S. The van der Waals surface area contributed by atoms with Crippen molar-refractivity contribution in [3.8, 4) is 0 Å². The molecular weight excluding hydrogens is 284 g/mol. The van der Waals surface area contributed by atoms with Crippen LogP contribution in [0.4, 0.5) is 0 Å². The van der Waals surface area contributed by atoms with Crippen molar-refractivity contribution in [2.24, 2.45) is 0 Å². The number of carbonyl (C=O) groups is 1. The molecule has 1 aliphatic carbocycles. The fourth-order valence-corrected chi connectivity index (χ4v) is 3.42. The highest BCUT2D eigenvalue weighted by Gasteiger charge is 2.28. The highest BCUT2D eigenvalue weighted by molar-refractivity contribution is 7.98. The van der Waals surface area contributed by atoms with Crippen LogP contribution >= 0.6 is 11.8 Å². The lowest BCUT2D eigenvalue weighted by atomic mass is 9.88. The van der Waals surface area contributed by atoms with E-state index in [0.717, 1.165) is 19.3 Å². The van der Waals surface area contributed by atoms with E-state index < -0.39 is 0 Å². The van der Waals surface area contributed by atoms with E-state index in [2.05, 4.69) is 35.3 Å². The Balaban J connectivity index is 1.63. The molecule has 4 nitrogen and oxygen atoms in total. The molecule has 3 rings (SSSR count). The van der Waals surface area contributed by atoms with E-state index in [1.807, 2.05) is 6.07 Å². The standard InChI is InChI=1S/C16H18N2O2S/c1-11-5-4-6-12(9-11)21-10-15-17-16(20-18-15)13-7-2-3-8-14(13)19/h4-6,9,13H,2-3,7-8,10H2,1H3. The van der Waals surface area contributed by atoms with Crippen LogP contribution in [0.2, 0.25) is 0 Å². The molecule has 1 saturated carbocycles. The maximum Gasteiger partial charge on any atom is 0.237 e. The number of nitrogens with zero attached hydrogens (tertiary/aromatic N) is 2. The quantitative estimate of drug-likeness (QED) is 0.802. The van der Waals surface area contributed by atoms with Crippen LogP contribution in [0.15, 0.2) is 33.7 Å². The minimum atomic E-state index is -0.177. The summed E-state index contributed by atoms with van der Waals surface area (Å²) >= 11 is 1.68. The van der Waals surface area contributed by atoms with Gasteiger partial charge in [0, 0.05) is 11.3 Å². The normalized spacial score (nSPS) is 18.9. The lowest BCUT2D eigenvalue weighted by Gasteiger charge is -2.16. The summed E-state index contributed by atoms with van der Waals surface area (Å²) in [6, 6.07) is 8.32. The summed E-state index contributed by atoms with van der Waals surface area (Å²) in [5.74, 6) is 1.88. The molecule has 0 amide bonds. The van der Waals surface area contributed by atoms with Crippen molar-refractivity contribution in [1.82, 2.24) is 10.1 Å². The Hall–Kier alpha value is -1.62. The zero-order valence-corrected chi connectivity index (χ0v) is 12.9. The van der Waals surface area contributed by atoms with E-state index in [1.54, 1.807) is 11.8 Å². The lowest BCUT2D eigenvalue weighted by molar-refractivity contribution is -0.122. The summed E-state index contributed by atoms with van der Waals surface area (Å²) in [5, 5.41) is 4.00. The van der Waals surface area contributed by atoms with Gasteiger partial charge in [-0.05, 0) is 31.9 Å². The van der Waals surface area contributed by atoms with Crippen LogP contribution in [0, 0.1) is 6.92 Å². The molecule has 1 aromatic heterocycles. The first-order valence-electron chi connectivity index (χ1n) is 7.27. The molecule has 0 saturated heterocycles. The van der Waals surface area contributed by atoms with Gasteiger partial charge >= 0.3 is 0 Å². The predicted octanol–water partition coefficient (Wildman–Crippen LogP) is 3.90. The number of thioether (sulfide) groups is 1. The van der Waals surface area contributed by atoms with Crippen molar-refractivity contribution in [3.63, 3.8) is 0 Å².